The van der Waals surface area contributed by atoms with E-state index >= 15 is 0 Å². The number of hydrogen-bond acceptors (Lipinski definition) is 5. The fraction of sp³-hybridized carbons (Fsp3) is 0.526. The maximum Gasteiger partial charge on any atom is 0.252 e. The summed E-state index contributed by atoms with van der Waals surface area (Å²) in [6.07, 6.45) is 3.39. The van der Waals surface area contributed by atoms with Gasteiger partial charge in [0, 0.05) is 43.4 Å². The SMILES string of the molecule is O=C(NCCCO)C1(O)CCN(CC2=Cc3cc(Cl)ccc3OC2)CC1. The summed E-state index contributed by atoms with van der Waals surface area (Å²) < 4.78 is 5.78. The van der Waals surface area contributed by atoms with E-state index in [1.165, 1.54) is 0 Å². The second-order valence-electron chi connectivity index (χ2n) is 6.91. The third kappa shape index (κ3) is 4.57. The minimum atomic E-state index is -1.32. The van der Waals surface area contributed by atoms with Crippen LogP contribution in [0.1, 0.15) is 24.8 Å². The fourth-order valence-corrected chi connectivity index (χ4v) is 3.51. The lowest BCUT2D eigenvalue weighted by atomic mass is 9.90. The quantitative estimate of drug-likeness (QED) is 0.651. The van der Waals surface area contributed by atoms with Crippen LogP contribution in [0.3, 0.4) is 0 Å². The molecule has 2 aliphatic rings. The monoisotopic (exact) mass is 380 g/mol. The number of hydrogen-bond donors (Lipinski definition) is 3. The van der Waals surface area contributed by atoms with Gasteiger partial charge in [0.25, 0.3) is 5.91 Å². The van der Waals surface area contributed by atoms with Crippen molar-refractivity contribution in [1.29, 1.82) is 0 Å². The number of fused-ring (bicyclic) bond motifs is 1. The number of nitrogens with one attached hydrogen (secondary N) is 1. The van der Waals surface area contributed by atoms with E-state index < -0.39 is 5.60 Å². The van der Waals surface area contributed by atoms with E-state index in [2.05, 4.69) is 16.3 Å². The number of rotatable bonds is 6. The summed E-state index contributed by atoms with van der Waals surface area (Å²) >= 11 is 6.05. The molecule has 1 fully saturated rings. The predicted molar refractivity (Wildman–Crippen MR) is 100 cm³/mol. The molecule has 2 aliphatic heterocycles. The van der Waals surface area contributed by atoms with E-state index in [-0.39, 0.29) is 12.5 Å². The molecule has 0 aromatic heterocycles. The molecule has 0 radical (unpaired) electrons. The van der Waals surface area contributed by atoms with Gasteiger partial charge in [0.1, 0.15) is 18.0 Å². The smallest absolute Gasteiger partial charge is 0.252 e. The number of ether oxygens (including phenoxy) is 1. The Balaban J connectivity index is 1.53. The van der Waals surface area contributed by atoms with Crippen molar-refractivity contribution in [2.75, 3.05) is 39.4 Å². The molecular weight excluding hydrogens is 356 g/mol. The highest BCUT2D eigenvalue weighted by molar-refractivity contribution is 6.30. The molecule has 0 bridgehead atoms. The summed E-state index contributed by atoms with van der Waals surface area (Å²) in [7, 11) is 0. The third-order valence-electron chi connectivity index (χ3n) is 4.90. The number of carbonyl (C=O) groups is 1. The summed E-state index contributed by atoms with van der Waals surface area (Å²) in [5, 5.41) is 22.7. The van der Waals surface area contributed by atoms with Gasteiger partial charge in [0.15, 0.2) is 0 Å². The first kappa shape index (κ1) is 19.2. The van der Waals surface area contributed by atoms with Gasteiger partial charge in [0.2, 0.25) is 0 Å². The van der Waals surface area contributed by atoms with Crippen molar-refractivity contribution >= 4 is 23.6 Å². The highest BCUT2D eigenvalue weighted by Crippen LogP contribution is 2.30. The summed E-state index contributed by atoms with van der Waals surface area (Å²) in [6.45, 7) is 2.98. The molecule has 2 heterocycles. The van der Waals surface area contributed by atoms with Gasteiger partial charge in [-0.15, -0.1) is 0 Å². The number of aliphatic hydroxyl groups excluding tert-OH is 1. The van der Waals surface area contributed by atoms with E-state index in [0.29, 0.717) is 50.5 Å². The Labute approximate surface area is 158 Å². The molecule has 3 rings (SSSR count). The molecule has 1 aromatic carbocycles. The summed E-state index contributed by atoms with van der Waals surface area (Å²) in [6, 6.07) is 5.58. The van der Waals surface area contributed by atoms with Gasteiger partial charge in [-0.05, 0) is 49.1 Å². The molecule has 0 aliphatic carbocycles. The van der Waals surface area contributed by atoms with Crippen molar-refractivity contribution in [3.05, 3.63) is 34.4 Å². The number of likely N-dealkylation sites (tertiary alicyclic amines) is 1. The first-order chi connectivity index (χ1) is 12.5. The van der Waals surface area contributed by atoms with Crippen LogP contribution in [0.15, 0.2) is 23.8 Å². The van der Waals surface area contributed by atoms with Crippen LogP contribution in [0.5, 0.6) is 5.75 Å². The number of piperidine rings is 1. The molecule has 142 valence electrons. The highest BCUT2D eigenvalue weighted by atomic mass is 35.5. The predicted octanol–water partition coefficient (Wildman–Crippen LogP) is 1.44. The largest absolute Gasteiger partial charge is 0.489 e. The maximum absolute atomic E-state index is 12.2. The van der Waals surface area contributed by atoms with Gasteiger partial charge in [0.05, 0.1) is 0 Å². The van der Waals surface area contributed by atoms with Crippen molar-refractivity contribution in [2.45, 2.75) is 24.9 Å². The van der Waals surface area contributed by atoms with Crippen molar-refractivity contribution in [2.24, 2.45) is 0 Å². The van der Waals surface area contributed by atoms with Crippen LogP contribution in [0.2, 0.25) is 5.02 Å². The molecule has 3 N–H and O–H groups in total. The Bertz CT molecular complexity index is 684. The molecule has 1 amide bonds. The zero-order chi connectivity index (χ0) is 18.6. The number of benzene rings is 1. The average Bonchev–Trinajstić information content (AvgIpc) is 2.63. The average molecular weight is 381 g/mol. The second-order valence-corrected chi connectivity index (χ2v) is 7.35. The van der Waals surface area contributed by atoms with Gasteiger partial charge >= 0.3 is 0 Å². The van der Waals surface area contributed by atoms with Crippen LogP contribution >= 0.6 is 11.6 Å². The Kier molecular flexibility index (Phi) is 6.19. The van der Waals surface area contributed by atoms with Crippen LogP contribution < -0.4 is 10.1 Å². The standard InChI is InChI=1S/C19H25ClN2O4/c20-16-2-3-17-15(11-16)10-14(13-26-17)12-22-7-4-19(25,5-8-22)18(24)21-6-1-9-23/h2-3,10-11,23,25H,1,4-9,12-13H2,(H,21,24). The first-order valence-electron chi connectivity index (χ1n) is 8.96. The third-order valence-corrected chi connectivity index (χ3v) is 5.13. The minimum Gasteiger partial charge on any atom is -0.489 e. The summed E-state index contributed by atoms with van der Waals surface area (Å²) in [5.74, 6) is 0.500. The zero-order valence-electron chi connectivity index (χ0n) is 14.7. The highest BCUT2D eigenvalue weighted by Gasteiger charge is 2.39. The molecule has 0 atom stereocenters. The second kappa shape index (κ2) is 8.39. The number of carbonyl (C=O) groups excluding carboxylic acids is 1. The van der Waals surface area contributed by atoms with Crippen molar-refractivity contribution in [3.8, 4) is 5.75 Å². The van der Waals surface area contributed by atoms with Crippen molar-refractivity contribution in [1.82, 2.24) is 10.2 Å². The molecule has 1 aromatic rings. The number of halogens is 1. The molecule has 26 heavy (non-hydrogen) atoms. The number of aliphatic hydroxyl groups is 2. The molecule has 6 nitrogen and oxygen atoms in total. The summed E-state index contributed by atoms with van der Waals surface area (Å²) in [5.41, 5.74) is 0.817. The molecule has 7 heteroatoms. The van der Waals surface area contributed by atoms with E-state index in [0.717, 1.165) is 23.4 Å². The molecule has 1 saturated heterocycles. The fourth-order valence-electron chi connectivity index (χ4n) is 3.33. The topological polar surface area (TPSA) is 82.0 Å². The lowest BCUT2D eigenvalue weighted by Crippen LogP contribution is -2.54. The Morgan fingerprint density at radius 2 is 2.12 bits per heavy atom. The van der Waals surface area contributed by atoms with Gasteiger partial charge in [-0.2, -0.15) is 0 Å². The van der Waals surface area contributed by atoms with E-state index in [4.69, 9.17) is 21.4 Å². The first-order valence-corrected chi connectivity index (χ1v) is 9.34. The van der Waals surface area contributed by atoms with Crippen molar-refractivity contribution in [3.63, 3.8) is 0 Å². The van der Waals surface area contributed by atoms with Gasteiger partial charge in [-0.3, -0.25) is 9.69 Å². The minimum absolute atomic E-state index is 0.0258. The lowest BCUT2D eigenvalue weighted by Gasteiger charge is -2.37. The van der Waals surface area contributed by atoms with Gasteiger partial charge in [-0.1, -0.05) is 11.6 Å². The molecule has 0 unspecified atom stereocenters. The van der Waals surface area contributed by atoms with E-state index in [1.54, 1.807) is 0 Å². The maximum atomic E-state index is 12.2. The van der Waals surface area contributed by atoms with Crippen LogP contribution in [0.25, 0.3) is 6.08 Å². The van der Waals surface area contributed by atoms with Gasteiger partial charge < -0.3 is 20.3 Å². The van der Waals surface area contributed by atoms with E-state index in [9.17, 15) is 9.90 Å². The van der Waals surface area contributed by atoms with Crippen LogP contribution in [0.4, 0.5) is 0 Å². The molecule has 0 spiro atoms. The van der Waals surface area contributed by atoms with Gasteiger partial charge in [-0.25, -0.2) is 0 Å². The van der Waals surface area contributed by atoms with Crippen LogP contribution in [-0.4, -0.2) is 66.0 Å². The normalized spacial score (nSPS) is 19.3. The Hall–Kier alpha value is -1.60. The Morgan fingerprint density at radius 3 is 2.85 bits per heavy atom. The molecule has 0 saturated carbocycles. The van der Waals surface area contributed by atoms with Crippen LogP contribution in [0, 0.1) is 0 Å². The number of nitrogens with zero attached hydrogens (tertiary/aromatic N) is 1. The lowest BCUT2D eigenvalue weighted by molar-refractivity contribution is -0.144. The number of amides is 1. The van der Waals surface area contributed by atoms with Crippen molar-refractivity contribution < 1.29 is 19.7 Å². The molecular formula is C19H25ClN2O4. The van der Waals surface area contributed by atoms with Crippen LogP contribution in [-0.2, 0) is 4.79 Å². The van der Waals surface area contributed by atoms with E-state index in [1.807, 2.05) is 18.2 Å². The Morgan fingerprint density at radius 1 is 1.35 bits per heavy atom. The zero-order valence-corrected chi connectivity index (χ0v) is 15.5. The summed E-state index contributed by atoms with van der Waals surface area (Å²) in [4.78, 5) is 14.4.